The van der Waals surface area contributed by atoms with Gasteiger partial charge < -0.3 is 14.6 Å². The molecule has 1 aromatic carbocycles. The molecule has 6 heteroatoms. The van der Waals surface area contributed by atoms with Crippen LogP contribution in [0, 0.1) is 0 Å². The number of alkyl halides is 2. The van der Waals surface area contributed by atoms with Crippen molar-refractivity contribution in [3.8, 4) is 11.5 Å². The number of rotatable bonds is 6. The van der Waals surface area contributed by atoms with E-state index in [1.165, 1.54) is 6.07 Å². The highest BCUT2D eigenvalue weighted by Crippen LogP contribution is 2.35. The van der Waals surface area contributed by atoms with Crippen LogP contribution in [0.15, 0.2) is 18.2 Å². The minimum Gasteiger partial charge on any atom is -0.490 e. The van der Waals surface area contributed by atoms with Crippen LogP contribution in [-0.2, 0) is 10.7 Å². The van der Waals surface area contributed by atoms with Gasteiger partial charge in [-0.2, -0.15) is 8.78 Å². The van der Waals surface area contributed by atoms with Gasteiger partial charge in [-0.3, -0.25) is 0 Å². The molecule has 0 radical (unpaired) electrons. The summed E-state index contributed by atoms with van der Waals surface area (Å²) in [5, 5.41) is 8.47. The fraction of sp³-hybridized carbons (Fsp3) is 0.417. The van der Waals surface area contributed by atoms with E-state index in [1.54, 1.807) is 13.8 Å². The number of aliphatic carboxylic acids is 1. The summed E-state index contributed by atoms with van der Waals surface area (Å²) in [6.07, 6.45) is 0. The summed E-state index contributed by atoms with van der Waals surface area (Å²) in [7, 11) is 0. The van der Waals surface area contributed by atoms with Gasteiger partial charge >= 0.3 is 11.9 Å². The second kappa shape index (κ2) is 5.66. The molecule has 4 nitrogen and oxygen atoms in total. The second-order valence-electron chi connectivity index (χ2n) is 3.41. The lowest BCUT2D eigenvalue weighted by Gasteiger charge is -2.15. The maximum Gasteiger partial charge on any atom is 0.379 e. The molecule has 1 aromatic rings. The molecule has 0 aliphatic heterocycles. The Bertz CT molecular complexity index is 432. The van der Waals surface area contributed by atoms with E-state index in [0.717, 1.165) is 12.1 Å². The van der Waals surface area contributed by atoms with Gasteiger partial charge in [0.2, 0.25) is 0 Å². The van der Waals surface area contributed by atoms with Gasteiger partial charge in [0.25, 0.3) is 0 Å². The maximum atomic E-state index is 13.3. The normalized spacial score (nSPS) is 11.1. The highest BCUT2D eigenvalue weighted by Gasteiger charge is 2.41. The molecule has 0 saturated carbocycles. The third kappa shape index (κ3) is 2.88. The summed E-state index contributed by atoms with van der Waals surface area (Å²) in [6, 6.07) is 3.28. The van der Waals surface area contributed by atoms with Crippen LogP contribution in [0.25, 0.3) is 0 Å². The monoisotopic (exact) mass is 260 g/mol. The van der Waals surface area contributed by atoms with E-state index < -0.39 is 17.5 Å². The van der Waals surface area contributed by atoms with Crippen LogP contribution in [0.3, 0.4) is 0 Å². The van der Waals surface area contributed by atoms with Crippen molar-refractivity contribution < 1.29 is 28.2 Å². The standard InChI is InChI=1S/C12H14F2O4/c1-3-17-9-6-5-8(7-10(9)18-4-2)12(13,14)11(15)16/h5-7H,3-4H2,1-2H3,(H,15,16). The fourth-order valence-electron chi connectivity index (χ4n) is 1.37. The van der Waals surface area contributed by atoms with E-state index in [9.17, 15) is 13.6 Å². The van der Waals surface area contributed by atoms with Gasteiger partial charge in [0.05, 0.1) is 13.2 Å². The number of ether oxygens (including phenoxy) is 2. The van der Waals surface area contributed by atoms with Gasteiger partial charge in [-0.15, -0.1) is 0 Å². The number of hydrogen-bond acceptors (Lipinski definition) is 3. The molecule has 0 saturated heterocycles. The van der Waals surface area contributed by atoms with Crippen molar-refractivity contribution in [2.75, 3.05) is 13.2 Å². The van der Waals surface area contributed by atoms with E-state index in [-0.39, 0.29) is 12.4 Å². The molecule has 0 fully saturated rings. The summed E-state index contributed by atoms with van der Waals surface area (Å²) < 4.78 is 37.0. The molecule has 0 atom stereocenters. The van der Waals surface area contributed by atoms with Crippen LogP contribution in [0.4, 0.5) is 8.78 Å². The first-order valence-corrected chi connectivity index (χ1v) is 5.44. The predicted octanol–water partition coefficient (Wildman–Crippen LogP) is 2.66. The molecular weight excluding hydrogens is 246 g/mol. The number of carbonyl (C=O) groups is 1. The lowest BCUT2D eigenvalue weighted by Crippen LogP contribution is -2.25. The lowest BCUT2D eigenvalue weighted by atomic mass is 10.1. The predicted molar refractivity (Wildman–Crippen MR) is 60.3 cm³/mol. The molecular formula is C12H14F2O4. The summed E-state index contributed by atoms with van der Waals surface area (Å²) in [4.78, 5) is 10.5. The Balaban J connectivity index is 3.17. The zero-order chi connectivity index (χ0) is 13.8. The van der Waals surface area contributed by atoms with Crippen molar-refractivity contribution in [1.82, 2.24) is 0 Å². The van der Waals surface area contributed by atoms with Gasteiger partial charge in [-0.25, -0.2) is 4.79 Å². The molecule has 0 unspecified atom stereocenters. The molecule has 0 heterocycles. The Morgan fingerprint density at radius 1 is 1.22 bits per heavy atom. The van der Waals surface area contributed by atoms with Crippen molar-refractivity contribution in [2.24, 2.45) is 0 Å². The molecule has 100 valence electrons. The SMILES string of the molecule is CCOc1ccc(C(F)(F)C(=O)O)cc1OCC. The van der Waals surface area contributed by atoms with Crippen LogP contribution >= 0.6 is 0 Å². The van der Waals surface area contributed by atoms with E-state index in [1.807, 2.05) is 0 Å². The number of halogens is 2. The van der Waals surface area contributed by atoms with Crippen molar-refractivity contribution >= 4 is 5.97 Å². The summed E-state index contributed by atoms with van der Waals surface area (Å²) in [5.41, 5.74) is -0.637. The largest absolute Gasteiger partial charge is 0.490 e. The molecule has 0 aromatic heterocycles. The van der Waals surface area contributed by atoms with E-state index in [2.05, 4.69) is 0 Å². The van der Waals surface area contributed by atoms with Gasteiger partial charge in [0, 0.05) is 5.56 Å². The molecule has 1 rings (SSSR count). The molecule has 0 spiro atoms. The first kappa shape index (κ1) is 14.2. The van der Waals surface area contributed by atoms with Crippen LogP contribution in [0.2, 0.25) is 0 Å². The summed E-state index contributed by atoms with van der Waals surface area (Å²) in [6.45, 7) is 4.06. The van der Waals surface area contributed by atoms with Crippen LogP contribution in [-0.4, -0.2) is 24.3 Å². The van der Waals surface area contributed by atoms with E-state index in [4.69, 9.17) is 14.6 Å². The lowest BCUT2D eigenvalue weighted by molar-refractivity contribution is -0.166. The minimum atomic E-state index is -3.95. The molecule has 0 amide bonds. The van der Waals surface area contributed by atoms with Gasteiger partial charge in [-0.05, 0) is 32.0 Å². The third-order valence-corrected chi connectivity index (χ3v) is 2.17. The van der Waals surface area contributed by atoms with Gasteiger partial charge in [0.15, 0.2) is 11.5 Å². The highest BCUT2D eigenvalue weighted by atomic mass is 19.3. The van der Waals surface area contributed by atoms with Crippen LogP contribution < -0.4 is 9.47 Å². The number of carboxylic acids is 1. The van der Waals surface area contributed by atoms with Crippen molar-refractivity contribution in [2.45, 2.75) is 19.8 Å². The fourth-order valence-corrected chi connectivity index (χ4v) is 1.37. The number of carboxylic acid groups (broad SMARTS) is 1. The Kier molecular flexibility index (Phi) is 4.47. The quantitative estimate of drug-likeness (QED) is 0.854. The Hall–Kier alpha value is -1.85. The van der Waals surface area contributed by atoms with Crippen LogP contribution in [0.5, 0.6) is 11.5 Å². The molecule has 0 bridgehead atoms. The molecule has 1 N–H and O–H groups in total. The van der Waals surface area contributed by atoms with Gasteiger partial charge in [-0.1, -0.05) is 0 Å². The van der Waals surface area contributed by atoms with E-state index in [0.29, 0.717) is 12.4 Å². The second-order valence-corrected chi connectivity index (χ2v) is 3.41. The zero-order valence-corrected chi connectivity index (χ0v) is 10.1. The Morgan fingerprint density at radius 2 is 1.78 bits per heavy atom. The molecule has 0 aliphatic rings. The van der Waals surface area contributed by atoms with Crippen molar-refractivity contribution in [1.29, 1.82) is 0 Å². The topological polar surface area (TPSA) is 55.8 Å². The maximum absolute atomic E-state index is 13.3. The number of hydrogen-bond donors (Lipinski definition) is 1. The van der Waals surface area contributed by atoms with Gasteiger partial charge in [0.1, 0.15) is 0 Å². The molecule has 0 aliphatic carbocycles. The average molecular weight is 260 g/mol. The van der Waals surface area contributed by atoms with Crippen molar-refractivity contribution in [3.63, 3.8) is 0 Å². The third-order valence-electron chi connectivity index (χ3n) is 2.17. The minimum absolute atomic E-state index is 0.109. The summed E-state index contributed by atoms with van der Waals surface area (Å²) >= 11 is 0. The zero-order valence-electron chi connectivity index (χ0n) is 10.1. The van der Waals surface area contributed by atoms with Crippen molar-refractivity contribution in [3.05, 3.63) is 23.8 Å². The average Bonchev–Trinajstić information content (AvgIpc) is 2.31. The number of benzene rings is 1. The van der Waals surface area contributed by atoms with Crippen LogP contribution in [0.1, 0.15) is 19.4 Å². The highest BCUT2D eigenvalue weighted by molar-refractivity contribution is 5.77. The molecule has 18 heavy (non-hydrogen) atoms. The summed E-state index contributed by atoms with van der Waals surface area (Å²) in [5.74, 6) is -5.73. The Labute approximate surface area is 103 Å². The van der Waals surface area contributed by atoms with E-state index >= 15 is 0 Å². The Morgan fingerprint density at radius 3 is 2.28 bits per heavy atom. The first-order valence-electron chi connectivity index (χ1n) is 5.44. The smallest absolute Gasteiger partial charge is 0.379 e. The first-order chi connectivity index (χ1) is 8.43.